The fourth-order valence-corrected chi connectivity index (χ4v) is 1.95. The maximum absolute atomic E-state index is 11.0. The Labute approximate surface area is 138 Å². The summed E-state index contributed by atoms with van der Waals surface area (Å²) in [4.78, 5) is 18.8. The predicted octanol–water partition coefficient (Wildman–Crippen LogP) is 2.95. The van der Waals surface area contributed by atoms with E-state index in [1.165, 1.54) is 12.4 Å². The third-order valence-electron chi connectivity index (χ3n) is 3.19. The molecular formula is C18H15N3O3. The summed E-state index contributed by atoms with van der Waals surface area (Å²) in [6.07, 6.45) is 2.64. The first kappa shape index (κ1) is 15.5. The highest BCUT2D eigenvalue weighted by Crippen LogP contribution is 2.22. The Bertz CT molecular complexity index is 803. The number of ether oxygens (including phenoxy) is 2. The molecule has 0 aliphatic heterocycles. The minimum absolute atomic E-state index is 0.137. The van der Waals surface area contributed by atoms with E-state index < -0.39 is 5.91 Å². The molecule has 0 bridgehead atoms. The molecule has 3 aromatic rings. The number of benzene rings is 2. The maximum Gasteiger partial charge on any atom is 0.321 e. The molecule has 0 fully saturated rings. The van der Waals surface area contributed by atoms with Crippen molar-refractivity contribution >= 4 is 5.91 Å². The van der Waals surface area contributed by atoms with Crippen molar-refractivity contribution in [1.29, 1.82) is 0 Å². The zero-order valence-corrected chi connectivity index (χ0v) is 12.8. The molecule has 0 radical (unpaired) electrons. The van der Waals surface area contributed by atoms with Crippen LogP contribution in [0.15, 0.2) is 67.0 Å². The van der Waals surface area contributed by atoms with Crippen LogP contribution >= 0.6 is 0 Å². The molecule has 120 valence electrons. The first-order valence-electron chi connectivity index (χ1n) is 7.27. The van der Waals surface area contributed by atoms with E-state index in [2.05, 4.69) is 9.97 Å². The van der Waals surface area contributed by atoms with Crippen LogP contribution < -0.4 is 15.2 Å². The minimum atomic E-state index is -0.582. The molecular weight excluding hydrogens is 306 g/mol. The Morgan fingerprint density at radius 3 is 2.17 bits per heavy atom. The van der Waals surface area contributed by atoms with Crippen LogP contribution in [-0.2, 0) is 6.61 Å². The lowest BCUT2D eigenvalue weighted by molar-refractivity contribution is 0.0999. The lowest BCUT2D eigenvalue weighted by atomic mass is 10.2. The number of carbonyl (C=O) groups is 1. The summed E-state index contributed by atoms with van der Waals surface area (Å²) in [7, 11) is 0. The topological polar surface area (TPSA) is 87.3 Å². The molecule has 0 saturated heterocycles. The van der Waals surface area contributed by atoms with Gasteiger partial charge in [0.15, 0.2) is 0 Å². The minimum Gasteiger partial charge on any atom is -0.489 e. The van der Waals surface area contributed by atoms with Crippen LogP contribution in [0, 0.1) is 0 Å². The van der Waals surface area contributed by atoms with Gasteiger partial charge in [0.05, 0.1) is 5.56 Å². The highest BCUT2D eigenvalue weighted by molar-refractivity contribution is 5.92. The van der Waals surface area contributed by atoms with Gasteiger partial charge in [0.25, 0.3) is 5.91 Å². The van der Waals surface area contributed by atoms with Gasteiger partial charge in [0, 0.05) is 12.4 Å². The standard InChI is InChI=1S/C18H15N3O3/c19-17(22)14-10-20-18(21-11-14)24-16-8-6-15(7-9-16)23-12-13-4-2-1-3-5-13/h1-11H,12H2,(H2,19,22). The first-order chi connectivity index (χ1) is 11.7. The average Bonchev–Trinajstić information content (AvgIpc) is 2.62. The number of nitrogens with two attached hydrogens (primary N) is 1. The van der Waals surface area contributed by atoms with Crippen LogP contribution in [0.2, 0.25) is 0 Å². The molecule has 0 spiro atoms. The molecule has 0 saturated carbocycles. The zero-order valence-electron chi connectivity index (χ0n) is 12.8. The van der Waals surface area contributed by atoms with Crippen molar-refractivity contribution in [2.75, 3.05) is 0 Å². The quantitative estimate of drug-likeness (QED) is 0.754. The molecule has 0 aliphatic carbocycles. The van der Waals surface area contributed by atoms with Gasteiger partial charge in [-0.3, -0.25) is 4.79 Å². The Balaban J connectivity index is 1.59. The van der Waals surface area contributed by atoms with E-state index >= 15 is 0 Å². The van der Waals surface area contributed by atoms with Crippen LogP contribution in [0.3, 0.4) is 0 Å². The van der Waals surface area contributed by atoms with Gasteiger partial charge in [0.2, 0.25) is 0 Å². The van der Waals surface area contributed by atoms with Crippen molar-refractivity contribution in [3.63, 3.8) is 0 Å². The van der Waals surface area contributed by atoms with Crippen LogP contribution in [0.25, 0.3) is 0 Å². The number of amides is 1. The lowest BCUT2D eigenvalue weighted by Crippen LogP contribution is -2.11. The molecule has 24 heavy (non-hydrogen) atoms. The van der Waals surface area contributed by atoms with Gasteiger partial charge in [-0.2, -0.15) is 0 Å². The van der Waals surface area contributed by atoms with Crippen molar-refractivity contribution in [2.24, 2.45) is 5.73 Å². The van der Waals surface area contributed by atoms with Gasteiger partial charge in [0.1, 0.15) is 18.1 Å². The third kappa shape index (κ3) is 4.07. The first-order valence-corrected chi connectivity index (χ1v) is 7.27. The van der Waals surface area contributed by atoms with Crippen molar-refractivity contribution in [3.05, 3.63) is 78.1 Å². The number of nitrogens with zero attached hydrogens (tertiary/aromatic N) is 2. The second-order valence-corrected chi connectivity index (χ2v) is 4.97. The number of primary amides is 1. The normalized spacial score (nSPS) is 10.2. The summed E-state index contributed by atoms with van der Waals surface area (Å²) >= 11 is 0. The number of hydrogen-bond acceptors (Lipinski definition) is 5. The smallest absolute Gasteiger partial charge is 0.321 e. The summed E-state index contributed by atoms with van der Waals surface area (Å²) in [5, 5.41) is 0. The largest absolute Gasteiger partial charge is 0.489 e. The van der Waals surface area contributed by atoms with E-state index in [0.29, 0.717) is 12.4 Å². The summed E-state index contributed by atoms with van der Waals surface area (Å²) < 4.78 is 11.2. The predicted molar refractivity (Wildman–Crippen MR) is 87.8 cm³/mol. The summed E-state index contributed by atoms with van der Waals surface area (Å²) in [5.74, 6) is 0.714. The monoisotopic (exact) mass is 321 g/mol. The molecule has 3 rings (SSSR count). The molecule has 6 heteroatoms. The van der Waals surface area contributed by atoms with E-state index in [-0.39, 0.29) is 11.6 Å². The van der Waals surface area contributed by atoms with Crippen molar-refractivity contribution in [1.82, 2.24) is 9.97 Å². The molecule has 1 heterocycles. The van der Waals surface area contributed by atoms with Gasteiger partial charge >= 0.3 is 6.01 Å². The molecule has 0 unspecified atom stereocenters. The molecule has 2 N–H and O–H groups in total. The van der Waals surface area contributed by atoms with Gasteiger partial charge in [-0.05, 0) is 29.8 Å². The second-order valence-electron chi connectivity index (χ2n) is 4.97. The van der Waals surface area contributed by atoms with Gasteiger partial charge in [-0.25, -0.2) is 9.97 Å². The Hall–Kier alpha value is -3.41. The van der Waals surface area contributed by atoms with Gasteiger partial charge in [-0.15, -0.1) is 0 Å². The van der Waals surface area contributed by atoms with E-state index in [1.807, 2.05) is 30.3 Å². The lowest BCUT2D eigenvalue weighted by Gasteiger charge is -2.08. The van der Waals surface area contributed by atoms with Crippen molar-refractivity contribution in [3.8, 4) is 17.5 Å². The molecule has 2 aromatic carbocycles. The van der Waals surface area contributed by atoms with E-state index in [4.69, 9.17) is 15.2 Å². The van der Waals surface area contributed by atoms with Crippen LogP contribution in [0.1, 0.15) is 15.9 Å². The van der Waals surface area contributed by atoms with Crippen molar-refractivity contribution in [2.45, 2.75) is 6.61 Å². The summed E-state index contributed by atoms with van der Waals surface area (Å²) in [6.45, 7) is 0.499. The van der Waals surface area contributed by atoms with Crippen LogP contribution in [0.5, 0.6) is 17.5 Å². The van der Waals surface area contributed by atoms with Gasteiger partial charge < -0.3 is 15.2 Å². The SMILES string of the molecule is NC(=O)c1cnc(Oc2ccc(OCc3ccccc3)cc2)nc1. The Morgan fingerprint density at radius 1 is 0.917 bits per heavy atom. The number of carbonyl (C=O) groups excluding carboxylic acids is 1. The van der Waals surface area contributed by atoms with Crippen LogP contribution in [-0.4, -0.2) is 15.9 Å². The third-order valence-corrected chi connectivity index (χ3v) is 3.19. The molecule has 0 atom stereocenters. The molecule has 1 aromatic heterocycles. The summed E-state index contributed by atoms with van der Waals surface area (Å²) in [6, 6.07) is 17.2. The Kier molecular flexibility index (Phi) is 4.67. The maximum atomic E-state index is 11.0. The zero-order chi connectivity index (χ0) is 16.8. The van der Waals surface area contributed by atoms with E-state index in [0.717, 1.165) is 11.3 Å². The second kappa shape index (κ2) is 7.23. The Morgan fingerprint density at radius 2 is 1.54 bits per heavy atom. The highest BCUT2D eigenvalue weighted by Gasteiger charge is 2.05. The van der Waals surface area contributed by atoms with Gasteiger partial charge in [-0.1, -0.05) is 30.3 Å². The van der Waals surface area contributed by atoms with Crippen molar-refractivity contribution < 1.29 is 14.3 Å². The van der Waals surface area contributed by atoms with E-state index in [9.17, 15) is 4.79 Å². The van der Waals surface area contributed by atoms with Crippen LogP contribution in [0.4, 0.5) is 0 Å². The number of rotatable bonds is 6. The number of aromatic nitrogens is 2. The molecule has 1 amide bonds. The molecule has 0 aliphatic rings. The molecule has 6 nitrogen and oxygen atoms in total. The van der Waals surface area contributed by atoms with E-state index in [1.54, 1.807) is 24.3 Å². The highest BCUT2D eigenvalue weighted by atomic mass is 16.5. The summed E-state index contributed by atoms with van der Waals surface area (Å²) in [5.41, 5.74) is 6.46. The fraction of sp³-hybridized carbons (Fsp3) is 0.0556. The average molecular weight is 321 g/mol. The fourth-order valence-electron chi connectivity index (χ4n) is 1.95. The number of hydrogen-bond donors (Lipinski definition) is 1.